The Labute approximate surface area is 416 Å². The first kappa shape index (κ1) is 44.8. The summed E-state index contributed by atoms with van der Waals surface area (Å²) in [5, 5.41) is 1.85. The van der Waals surface area contributed by atoms with E-state index in [1.165, 1.54) is 0 Å². The molecule has 7 nitrogen and oxygen atoms in total. The fourth-order valence-electron chi connectivity index (χ4n) is 8.32. The average Bonchev–Trinajstić information content (AvgIpc) is 3.67. The molecule has 0 atom stereocenters. The molecule has 0 aliphatic rings. The molecule has 4 aromatic heterocycles. The minimum Gasteiger partial charge on any atom is -0.503 e. The molecule has 67 heavy (non-hydrogen) atoms. The van der Waals surface area contributed by atoms with Crippen LogP contribution in [0.5, 0.6) is 23.0 Å². The summed E-state index contributed by atoms with van der Waals surface area (Å²) in [5.41, 5.74) is 12.9. The zero-order valence-electron chi connectivity index (χ0n) is 36.1. The second kappa shape index (κ2) is 19.6. The molecule has 0 saturated heterocycles. The third-order valence-corrected chi connectivity index (χ3v) is 11.3. The van der Waals surface area contributed by atoms with Crippen LogP contribution in [0.25, 0.3) is 83.6 Å². The maximum absolute atomic E-state index is 6.47. The van der Waals surface area contributed by atoms with Crippen molar-refractivity contribution in [3.63, 3.8) is 0 Å². The van der Waals surface area contributed by atoms with Crippen LogP contribution in [0.4, 0.5) is 0 Å². The summed E-state index contributed by atoms with van der Waals surface area (Å²) in [7, 11) is 0. The van der Waals surface area contributed by atoms with Crippen molar-refractivity contribution in [2.24, 2.45) is 0 Å². The monoisotopic (exact) mass is 1050 g/mol. The second-order valence-electron chi connectivity index (χ2n) is 15.6. The Kier molecular flexibility index (Phi) is 13.1. The number of rotatable bonds is 10. The van der Waals surface area contributed by atoms with Crippen LogP contribution in [0.15, 0.2) is 188 Å². The summed E-state index contributed by atoms with van der Waals surface area (Å²) in [4.78, 5) is 19.6. The Bertz CT molecular complexity index is 3290. The molecule has 0 unspecified atom stereocenters. The van der Waals surface area contributed by atoms with E-state index in [9.17, 15) is 0 Å². The standard InChI is InChI=1S/C58H37N5O2.2Pd/c1-38-57(46-32-44(40-15-5-3-6-16-40)31-45(33-46)41-17-7-4-8-18-41)39(2)62-58(61-38)63-55-36-49(64-47-21-13-19-42(34-47)53-23-9-11-29-59-53)25-27-51(55)52-28-26-50(37-56(52)63)65-48-22-14-20-43(35-48)54-24-10-12-30-60-54;;/h3-33H,1-2H3;;/q-4;2*+2. The van der Waals surface area contributed by atoms with Crippen molar-refractivity contribution in [2.75, 3.05) is 0 Å². The molecule has 0 radical (unpaired) electrons. The Hall–Kier alpha value is -7.36. The van der Waals surface area contributed by atoms with E-state index < -0.39 is 0 Å². The molecule has 0 N–H and O–H groups in total. The minimum absolute atomic E-state index is 0. The van der Waals surface area contributed by atoms with Gasteiger partial charge in [-0.25, -0.2) is 9.97 Å². The van der Waals surface area contributed by atoms with E-state index in [-0.39, 0.29) is 40.8 Å². The SMILES string of the molecule is Cc1nc(-n2c3[c-]c(Oc4[c-]c(-c5ccccn5)ccc4)ccc3c3ccc(Oc4[c-]c(-c5ccccn5)ccc4)[c-]c32)nc(C)c1-c1cc(-c2ccccc2)cc(-c2ccccc2)c1.[Pd+2].[Pd+2]. The maximum Gasteiger partial charge on any atom is 2.00 e. The number of aromatic nitrogens is 5. The van der Waals surface area contributed by atoms with Crippen molar-refractivity contribution >= 4 is 21.8 Å². The Morgan fingerprint density at radius 3 is 1.28 bits per heavy atom. The van der Waals surface area contributed by atoms with Gasteiger partial charge in [-0.3, -0.25) is 0 Å². The molecular weight excluding hydrogens is 1010 g/mol. The van der Waals surface area contributed by atoms with Crippen LogP contribution >= 0.6 is 0 Å². The number of ether oxygens (including phenoxy) is 2. The molecule has 0 amide bonds. The van der Waals surface area contributed by atoms with Crippen molar-refractivity contribution in [1.82, 2.24) is 24.5 Å². The van der Waals surface area contributed by atoms with E-state index in [1.807, 2.05) is 128 Å². The molecule has 326 valence electrons. The van der Waals surface area contributed by atoms with Crippen LogP contribution in [0, 0.1) is 38.1 Å². The average molecular weight is 1050 g/mol. The van der Waals surface area contributed by atoms with E-state index in [0.29, 0.717) is 28.9 Å². The van der Waals surface area contributed by atoms with Gasteiger partial charge in [0.15, 0.2) is 0 Å². The summed E-state index contributed by atoms with van der Waals surface area (Å²) in [5.74, 6) is 2.56. The fourth-order valence-corrected chi connectivity index (χ4v) is 8.32. The summed E-state index contributed by atoms with van der Waals surface area (Å²) >= 11 is 0. The van der Waals surface area contributed by atoms with Crippen molar-refractivity contribution < 1.29 is 50.3 Å². The number of aryl methyl sites for hydroxylation is 2. The van der Waals surface area contributed by atoms with E-state index in [0.717, 1.165) is 89.1 Å². The molecule has 11 aromatic rings. The maximum atomic E-state index is 6.47. The number of fused-ring (bicyclic) bond motifs is 3. The van der Waals surface area contributed by atoms with E-state index >= 15 is 0 Å². The normalized spacial score (nSPS) is 10.9. The number of nitrogens with zero attached hydrogens (tertiary/aromatic N) is 5. The topological polar surface area (TPSA) is 75.0 Å². The quantitative estimate of drug-likeness (QED) is 0.100. The van der Waals surface area contributed by atoms with Crippen LogP contribution in [0.2, 0.25) is 0 Å². The molecular formula is C58H37N5O2Pd2. The van der Waals surface area contributed by atoms with Gasteiger partial charge >= 0.3 is 40.8 Å². The molecule has 0 spiro atoms. The molecule has 11 rings (SSSR count). The molecule has 4 heterocycles. The zero-order valence-corrected chi connectivity index (χ0v) is 39.2. The van der Waals surface area contributed by atoms with Gasteiger partial charge in [-0.1, -0.05) is 108 Å². The fraction of sp³-hybridized carbons (Fsp3) is 0.0345. The molecule has 0 aliphatic heterocycles. The Balaban J connectivity index is 0.00000281. The predicted octanol–water partition coefficient (Wildman–Crippen LogP) is 14.1. The largest absolute Gasteiger partial charge is 2.00 e. The van der Waals surface area contributed by atoms with Gasteiger partial charge in [0.25, 0.3) is 0 Å². The van der Waals surface area contributed by atoms with Crippen molar-refractivity contribution in [3.05, 3.63) is 224 Å². The van der Waals surface area contributed by atoms with Crippen LogP contribution in [0.1, 0.15) is 11.4 Å². The van der Waals surface area contributed by atoms with Gasteiger partial charge < -0.3 is 24.0 Å². The molecule has 0 saturated carbocycles. The number of hydrogen-bond donors (Lipinski definition) is 0. The van der Waals surface area contributed by atoms with Crippen LogP contribution < -0.4 is 9.47 Å². The Morgan fingerprint density at radius 2 is 0.836 bits per heavy atom. The third kappa shape index (κ3) is 9.25. The van der Waals surface area contributed by atoms with Gasteiger partial charge in [-0.05, 0) is 83.4 Å². The van der Waals surface area contributed by atoms with Crippen LogP contribution in [0.3, 0.4) is 0 Å². The van der Waals surface area contributed by atoms with Gasteiger partial charge in [0.05, 0.1) is 11.4 Å². The summed E-state index contributed by atoms with van der Waals surface area (Å²) in [6, 6.07) is 72.6. The number of hydrogen-bond acceptors (Lipinski definition) is 6. The van der Waals surface area contributed by atoms with Gasteiger partial charge in [0.1, 0.15) is 0 Å². The first-order chi connectivity index (χ1) is 32.0. The van der Waals surface area contributed by atoms with Gasteiger partial charge in [0.2, 0.25) is 5.95 Å². The van der Waals surface area contributed by atoms with Crippen molar-refractivity contribution in [1.29, 1.82) is 0 Å². The molecule has 0 aliphatic carbocycles. The first-order valence-corrected chi connectivity index (χ1v) is 21.3. The number of benzene rings is 7. The van der Waals surface area contributed by atoms with Crippen LogP contribution in [-0.4, -0.2) is 24.5 Å². The van der Waals surface area contributed by atoms with E-state index in [1.54, 1.807) is 12.4 Å². The zero-order chi connectivity index (χ0) is 43.7. The van der Waals surface area contributed by atoms with Crippen molar-refractivity contribution in [2.45, 2.75) is 13.8 Å². The smallest absolute Gasteiger partial charge is 0.503 e. The second-order valence-corrected chi connectivity index (χ2v) is 15.6. The van der Waals surface area contributed by atoms with Crippen LogP contribution in [-0.2, 0) is 40.8 Å². The first-order valence-electron chi connectivity index (χ1n) is 21.3. The van der Waals surface area contributed by atoms with E-state index in [2.05, 4.69) is 101 Å². The molecule has 7 aromatic carbocycles. The van der Waals surface area contributed by atoms with E-state index in [4.69, 9.17) is 19.4 Å². The predicted molar refractivity (Wildman–Crippen MR) is 257 cm³/mol. The summed E-state index contributed by atoms with van der Waals surface area (Å²) in [6.45, 7) is 4.09. The third-order valence-electron chi connectivity index (χ3n) is 11.3. The number of pyridine rings is 2. The molecule has 0 bridgehead atoms. The summed E-state index contributed by atoms with van der Waals surface area (Å²) in [6.07, 6.45) is 3.54. The summed E-state index contributed by atoms with van der Waals surface area (Å²) < 4.78 is 14.9. The molecule has 9 heteroatoms. The van der Waals surface area contributed by atoms with Gasteiger partial charge in [0, 0.05) is 41.0 Å². The Morgan fingerprint density at radius 1 is 0.403 bits per heavy atom. The minimum atomic E-state index is 0. The molecule has 0 fully saturated rings. The van der Waals surface area contributed by atoms with Crippen molar-refractivity contribution in [3.8, 4) is 84.8 Å². The van der Waals surface area contributed by atoms with Gasteiger partial charge in [-0.2, -0.15) is 22.9 Å². The van der Waals surface area contributed by atoms with Gasteiger partial charge in [-0.15, -0.1) is 71.8 Å².